The molecule has 0 heterocycles. The van der Waals surface area contributed by atoms with Crippen LogP contribution < -0.4 is 0 Å². The molecule has 4 heteroatoms. The molecule has 0 aromatic heterocycles. The number of allylic oxidation sites excluding steroid dienone is 3. The first-order valence-electron chi connectivity index (χ1n) is 22.0. The van der Waals surface area contributed by atoms with Crippen LogP contribution in [0.3, 0.4) is 0 Å². The number of unbranched alkanes of at least 4 members (excludes halogenated alkanes) is 30. The van der Waals surface area contributed by atoms with E-state index in [0.29, 0.717) is 13.2 Å². The third kappa shape index (κ3) is 31.6. The Morgan fingerprint density at radius 1 is 0.479 bits per heavy atom. The molecule has 0 spiro atoms. The molecular formula is C44H85O3P. The lowest BCUT2D eigenvalue weighted by molar-refractivity contribution is 0.205. The molecular weight excluding hydrogens is 607 g/mol. The summed E-state index contributed by atoms with van der Waals surface area (Å²) in [6.45, 7) is 5.67. The molecule has 0 aliphatic heterocycles. The summed E-state index contributed by atoms with van der Waals surface area (Å²) >= 11 is 0. The largest absolute Gasteiger partial charge is 0.354 e. The third-order valence-electron chi connectivity index (χ3n) is 10.3. The van der Waals surface area contributed by atoms with Gasteiger partial charge in [0.1, 0.15) is 0 Å². The van der Waals surface area contributed by atoms with Crippen LogP contribution in [-0.2, 0) is 13.6 Å². The van der Waals surface area contributed by atoms with Gasteiger partial charge in [0.2, 0.25) is 0 Å². The summed E-state index contributed by atoms with van der Waals surface area (Å²) < 4.78 is 25.6. The van der Waals surface area contributed by atoms with Crippen molar-refractivity contribution < 1.29 is 13.6 Å². The van der Waals surface area contributed by atoms with Crippen molar-refractivity contribution in [3.8, 4) is 0 Å². The van der Waals surface area contributed by atoms with Gasteiger partial charge in [0.15, 0.2) is 0 Å². The van der Waals surface area contributed by atoms with Gasteiger partial charge in [0.05, 0.1) is 13.2 Å². The monoisotopic (exact) mass is 693 g/mol. The van der Waals surface area contributed by atoms with Crippen LogP contribution in [0, 0.1) is 0 Å². The average Bonchev–Trinajstić information content (AvgIpc) is 3.10. The maximum absolute atomic E-state index is 13.6. The Bertz CT molecular complexity index is 718. The van der Waals surface area contributed by atoms with Crippen LogP contribution in [0.25, 0.3) is 0 Å². The van der Waals surface area contributed by atoms with Crippen LogP contribution in [0.5, 0.6) is 0 Å². The minimum Gasteiger partial charge on any atom is -0.306 e. The maximum Gasteiger partial charge on any atom is 0.354 e. The zero-order chi connectivity index (χ0) is 34.5. The summed E-state index contributed by atoms with van der Waals surface area (Å²) in [5.41, 5.74) is 1.29. The van der Waals surface area contributed by atoms with Crippen LogP contribution in [0.2, 0.25) is 0 Å². The molecule has 284 valence electrons. The summed E-state index contributed by atoms with van der Waals surface area (Å²) in [4.78, 5) is 0. The quantitative estimate of drug-likeness (QED) is 0.0477. The Kier molecular flexibility index (Phi) is 34.6. The van der Waals surface area contributed by atoms with E-state index >= 15 is 0 Å². The van der Waals surface area contributed by atoms with Crippen LogP contribution in [-0.4, -0.2) is 13.2 Å². The van der Waals surface area contributed by atoms with E-state index in [-0.39, 0.29) is 0 Å². The lowest BCUT2D eigenvalue weighted by atomic mass is 10.0. The molecule has 0 bridgehead atoms. The Balaban J connectivity index is 2.07. The van der Waals surface area contributed by atoms with Gasteiger partial charge in [-0.05, 0) is 38.5 Å². The van der Waals surface area contributed by atoms with Crippen LogP contribution in [0.1, 0.15) is 245 Å². The molecule has 48 heavy (non-hydrogen) atoms. The predicted molar refractivity (Wildman–Crippen MR) is 214 cm³/mol. The first-order chi connectivity index (χ1) is 23.7. The molecule has 3 nitrogen and oxygen atoms in total. The molecule has 0 N–H and O–H groups in total. The van der Waals surface area contributed by atoms with Gasteiger partial charge in [-0.15, -0.1) is 0 Å². The molecule has 0 radical (unpaired) electrons. The van der Waals surface area contributed by atoms with Crippen molar-refractivity contribution in [3.05, 3.63) is 23.5 Å². The van der Waals surface area contributed by atoms with Gasteiger partial charge >= 0.3 is 7.60 Å². The van der Waals surface area contributed by atoms with Gasteiger partial charge in [-0.3, -0.25) is 4.57 Å². The minimum absolute atomic E-state index is 0.540. The highest BCUT2D eigenvalue weighted by Gasteiger charge is 2.21. The van der Waals surface area contributed by atoms with E-state index in [1.807, 2.05) is 6.08 Å². The van der Waals surface area contributed by atoms with E-state index in [0.717, 1.165) is 38.5 Å². The molecule has 0 amide bonds. The molecule has 0 atom stereocenters. The third-order valence-corrected chi connectivity index (χ3v) is 11.9. The summed E-state index contributed by atoms with van der Waals surface area (Å²) in [6, 6.07) is 0. The summed E-state index contributed by atoms with van der Waals surface area (Å²) in [5.74, 6) is 1.77. The van der Waals surface area contributed by atoms with Crippen molar-refractivity contribution in [1.29, 1.82) is 0 Å². The van der Waals surface area contributed by atoms with E-state index in [1.165, 1.54) is 198 Å². The molecule has 1 rings (SSSR count). The second-order valence-electron chi connectivity index (χ2n) is 15.2. The van der Waals surface area contributed by atoms with E-state index in [1.54, 1.807) is 5.82 Å². The molecule has 0 fully saturated rings. The Morgan fingerprint density at radius 2 is 0.792 bits per heavy atom. The van der Waals surface area contributed by atoms with Crippen LogP contribution in [0.4, 0.5) is 0 Å². The average molecular weight is 693 g/mol. The van der Waals surface area contributed by atoms with Crippen molar-refractivity contribution in [3.63, 3.8) is 0 Å². The Hall–Kier alpha value is -0.370. The SMILES string of the molecule is CCCCCCCCCCCCCCCCCCOP(=O)(/C=C/C1=CCCCC1)OCCCCCCCCCCCCCCCCCC. The smallest absolute Gasteiger partial charge is 0.306 e. The highest BCUT2D eigenvalue weighted by atomic mass is 31.2. The molecule has 0 saturated carbocycles. The molecule has 1 aliphatic rings. The highest BCUT2D eigenvalue weighted by Crippen LogP contribution is 2.50. The molecule has 1 aliphatic carbocycles. The van der Waals surface area contributed by atoms with Gasteiger partial charge in [-0.25, -0.2) is 0 Å². The fourth-order valence-corrected chi connectivity index (χ4v) is 8.40. The fraction of sp³-hybridized carbons (Fsp3) is 0.909. The zero-order valence-corrected chi connectivity index (χ0v) is 33.7. The van der Waals surface area contributed by atoms with E-state index in [4.69, 9.17) is 9.05 Å². The van der Waals surface area contributed by atoms with Crippen molar-refractivity contribution in [2.24, 2.45) is 0 Å². The lowest BCUT2D eigenvalue weighted by Gasteiger charge is -2.16. The zero-order valence-electron chi connectivity index (χ0n) is 32.8. The van der Waals surface area contributed by atoms with Gasteiger partial charge in [0, 0.05) is 5.82 Å². The Labute approximate surface area is 302 Å². The van der Waals surface area contributed by atoms with Crippen molar-refractivity contribution in [2.45, 2.75) is 245 Å². The topological polar surface area (TPSA) is 35.5 Å². The number of hydrogen-bond donors (Lipinski definition) is 0. The van der Waals surface area contributed by atoms with Crippen LogP contribution in [0.15, 0.2) is 23.5 Å². The van der Waals surface area contributed by atoms with E-state index in [2.05, 4.69) is 19.9 Å². The second-order valence-corrected chi connectivity index (χ2v) is 17.0. The van der Waals surface area contributed by atoms with Crippen molar-refractivity contribution in [1.82, 2.24) is 0 Å². The summed E-state index contributed by atoms with van der Waals surface area (Å²) in [6.07, 6.45) is 52.3. The molecule has 0 saturated heterocycles. The minimum atomic E-state index is -3.19. The summed E-state index contributed by atoms with van der Waals surface area (Å²) in [7, 11) is -3.19. The standard InChI is InChI=1S/C44H85O3P/c1-3-5-7-9-11-13-15-17-19-21-23-25-27-29-31-36-41-46-48(45,43-40-44-38-34-33-35-39-44)47-42-37-32-30-28-26-24-22-20-18-16-14-12-10-8-6-4-2/h38,40,43H,3-37,39,41-42H2,1-2H3/b43-40+. The normalized spacial score (nSPS) is 13.9. The van der Waals surface area contributed by atoms with Gasteiger partial charge in [-0.2, -0.15) is 0 Å². The molecule has 0 aromatic carbocycles. The molecule has 0 unspecified atom stereocenters. The number of hydrogen-bond acceptors (Lipinski definition) is 3. The maximum atomic E-state index is 13.6. The van der Waals surface area contributed by atoms with Crippen LogP contribution >= 0.6 is 7.60 Å². The second kappa shape index (κ2) is 36.4. The van der Waals surface area contributed by atoms with Gasteiger partial charge < -0.3 is 9.05 Å². The fourth-order valence-electron chi connectivity index (χ4n) is 7.01. The Morgan fingerprint density at radius 3 is 1.08 bits per heavy atom. The lowest BCUT2D eigenvalue weighted by Crippen LogP contribution is -1.99. The van der Waals surface area contributed by atoms with Crippen molar-refractivity contribution >= 4 is 7.60 Å². The first kappa shape index (κ1) is 45.7. The highest BCUT2D eigenvalue weighted by molar-refractivity contribution is 7.57. The van der Waals surface area contributed by atoms with E-state index < -0.39 is 7.60 Å². The van der Waals surface area contributed by atoms with Crippen molar-refractivity contribution in [2.75, 3.05) is 13.2 Å². The summed E-state index contributed by atoms with van der Waals surface area (Å²) in [5, 5.41) is 0. The predicted octanol–water partition coefficient (Wildman–Crippen LogP) is 16.7. The molecule has 0 aromatic rings. The number of rotatable bonds is 38. The van der Waals surface area contributed by atoms with Gasteiger partial charge in [-0.1, -0.05) is 224 Å². The first-order valence-corrected chi connectivity index (χ1v) is 23.6. The van der Waals surface area contributed by atoms with Gasteiger partial charge in [0.25, 0.3) is 0 Å². The van der Waals surface area contributed by atoms with E-state index in [9.17, 15) is 4.57 Å².